The molecule has 1 atom stereocenters. The highest BCUT2D eigenvalue weighted by atomic mass is 16.5. The van der Waals surface area contributed by atoms with E-state index >= 15 is 0 Å². The van der Waals surface area contributed by atoms with Crippen molar-refractivity contribution in [2.24, 2.45) is 0 Å². The molecule has 0 fully saturated rings. The first kappa shape index (κ1) is 15.6. The molecule has 19 heavy (non-hydrogen) atoms. The lowest BCUT2D eigenvalue weighted by atomic mass is 10.1. The van der Waals surface area contributed by atoms with Crippen LogP contribution in [0.5, 0.6) is 0 Å². The Morgan fingerprint density at radius 2 is 1.95 bits per heavy atom. The first-order chi connectivity index (χ1) is 9.02. The SMILES string of the molecule is CC(C)OCCN(C)CC(O)c1ccc(C#N)cc1. The summed E-state index contributed by atoms with van der Waals surface area (Å²) in [5.74, 6) is 0. The van der Waals surface area contributed by atoms with Crippen LogP contribution in [0.25, 0.3) is 0 Å². The smallest absolute Gasteiger partial charge is 0.0991 e. The van der Waals surface area contributed by atoms with Crippen LogP contribution in [-0.4, -0.2) is 42.9 Å². The third-order valence-electron chi connectivity index (χ3n) is 2.83. The van der Waals surface area contributed by atoms with Crippen molar-refractivity contribution < 1.29 is 9.84 Å². The van der Waals surface area contributed by atoms with E-state index in [1.165, 1.54) is 0 Å². The summed E-state index contributed by atoms with van der Waals surface area (Å²) in [4.78, 5) is 2.03. The van der Waals surface area contributed by atoms with Crippen LogP contribution in [0.1, 0.15) is 31.1 Å². The van der Waals surface area contributed by atoms with Gasteiger partial charge in [-0.1, -0.05) is 12.1 Å². The third kappa shape index (κ3) is 5.84. The molecule has 1 rings (SSSR count). The Morgan fingerprint density at radius 3 is 2.47 bits per heavy atom. The topological polar surface area (TPSA) is 56.5 Å². The zero-order chi connectivity index (χ0) is 14.3. The van der Waals surface area contributed by atoms with E-state index in [4.69, 9.17) is 10.00 Å². The predicted molar refractivity (Wildman–Crippen MR) is 74.7 cm³/mol. The van der Waals surface area contributed by atoms with Crippen LogP contribution in [-0.2, 0) is 4.74 Å². The van der Waals surface area contributed by atoms with Crippen LogP contribution in [0.3, 0.4) is 0 Å². The molecule has 1 unspecified atom stereocenters. The van der Waals surface area contributed by atoms with Gasteiger partial charge in [-0.15, -0.1) is 0 Å². The lowest BCUT2D eigenvalue weighted by Gasteiger charge is -2.21. The molecular formula is C15H22N2O2. The zero-order valence-electron chi connectivity index (χ0n) is 11.8. The number of rotatable bonds is 7. The Bertz CT molecular complexity index is 409. The molecule has 0 aromatic heterocycles. The zero-order valence-corrected chi connectivity index (χ0v) is 11.8. The lowest BCUT2D eigenvalue weighted by molar-refractivity contribution is 0.0519. The summed E-state index contributed by atoms with van der Waals surface area (Å²) >= 11 is 0. The second-order valence-electron chi connectivity index (χ2n) is 4.93. The normalized spacial score (nSPS) is 12.7. The molecule has 0 radical (unpaired) electrons. The second-order valence-corrected chi connectivity index (χ2v) is 4.93. The maximum Gasteiger partial charge on any atom is 0.0991 e. The van der Waals surface area contributed by atoms with Gasteiger partial charge in [-0.25, -0.2) is 0 Å². The third-order valence-corrected chi connectivity index (χ3v) is 2.83. The fourth-order valence-corrected chi connectivity index (χ4v) is 1.72. The van der Waals surface area contributed by atoms with Crippen LogP contribution in [0, 0.1) is 11.3 Å². The van der Waals surface area contributed by atoms with Crippen molar-refractivity contribution >= 4 is 0 Å². The Hall–Kier alpha value is -1.41. The van der Waals surface area contributed by atoms with Crippen LogP contribution >= 0.6 is 0 Å². The number of ether oxygens (including phenoxy) is 1. The minimum absolute atomic E-state index is 0.233. The standard InChI is InChI=1S/C15H22N2O2/c1-12(2)19-9-8-17(3)11-15(18)14-6-4-13(10-16)5-7-14/h4-7,12,15,18H,8-9,11H2,1-3H3. The molecule has 4 heteroatoms. The first-order valence-electron chi connectivity index (χ1n) is 6.51. The summed E-state index contributed by atoms with van der Waals surface area (Å²) < 4.78 is 5.47. The largest absolute Gasteiger partial charge is 0.387 e. The molecule has 0 saturated carbocycles. The molecule has 4 nitrogen and oxygen atoms in total. The van der Waals surface area contributed by atoms with Gasteiger partial charge in [0.2, 0.25) is 0 Å². The van der Waals surface area contributed by atoms with Crippen LogP contribution in [0.15, 0.2) is 24.3 Å². The van der Waals surface area contributed by atoms with Crippen LogP contribution in [0.2, 0.25) is 0 Å². The molecule has 0 aliphatic heterocycles. The molecule has 0 bridgehead atoms. The van der Waals surface area contributed by atoms with E-state index in [0.29, 0.717) is 18.7 Å². The molecular weight excluding hydrogens is 240 g/mol. The number of likely N-dealkylation sites (N-methyl/N-ethyl adjacent to an activating group) is 1. The van der Waals surface area contributed by atoms with E-state index in [1.807, 2.05) is 25.8 Å². The molecule has 1 aromatic rings. The number of aliphatic hydroxyl groups is 1. The quantitative estimate of drug-likeness (QED) is 0.816. The van der Waals surface area contributed by atoms with Crippen LogP contribution < -0.4 is 0 Å². The monoisotopic (exact) mass is 262 g/mol. The number of nitriles is 1. The molecule has 1 aromatic carbocycles. The van der Waals surface area contributed by atoms with Gasteiger partial charge in [0.15, 0.2) is 0 Å². The van der Waals surface area contributed by atoms with Crippen molar-refractivity contribution in [2.45, 2.75) is 26.1 Å². The van der Waals surface area contributed by atoms with Crippen molar-refractivity contribution in [1.29, 1.82) is 5.26 Å². The fraction of sp³-hybridized carbons (Fsp3) is 0.533. The number of aliphatic hydroxyl groups excluding tert-OH is 1. The van der Waals surface area contributed by atoms with Crippen molar-refractivity contribution in [3.05, 3.63) is 35.4 Å². The summed E-state index contributed by atoms with van der Waals surface area (Å²) in [5.41, 5.74) is 1.44. The molecule has 1 N–H and O–H groups in total. The Morgan fingerprint density at radius 1 is 1.32 bits per heavy atom. The number of hydrogen-bond acceptors (Lipinski definition) is 4. The minimum atomic E-state index is -0.545. The maximum absolute atomic E-state index is 10.1. The molecule has 0 saturated heterocycles. The van der Waals surface area contributed by atoms with Gasteiger partial charge in [0, 0.05) is 13.1 Å². The molecule has 0 spiro atoms. The molecule has 0 aliphatic rings. The van der Waals surface area contributed by atoms with E-state index in [-0.39, 0.29) is 6.10 Å². The Labute approximate surface area is 115 Å². The Balaban J connectivity index is 2.40. The summed E-state index contributed by atoms with van der Waals surface area (Å²) in [7, 11) is 1.95. The van der Waals surface area contributed by atoms with Crippen LogP contribution in [0.4, 0.5) is 0 Å². The van der Waals surface area contributed by atoms with Crippen molar-refractivity contribution in [3.8, 4) is 6.07 Å². The molecule has 0 aliphatic carbocycles. The van der Waals surface area contributed by atoms with Gasteiger partial charge in [-0.05, 0) is 38.6 Å². The lowest BCUT2D eigenvalue weighted by Crippen LogP contribution is -2.28. The van der Waals surface area contributed by atoms with Gasteiger partial charge in [0.1, 0.15) is 0 Å². The van der Waals surface area contributed by atoms with E-state index < -0.39 is 6.10 Å². The minimum Gasteiger partial charge on any atom is -0.387 e. The summed E-state index contributed by atoms with van der Waals surface area (Å²) in [5, 5.41) is 18.8. The van der Waals surface area contributed by atoms with E-state index in [9.17, 15) is 5.11 Å². The second kappa shape index (κ2) is 7.90. The van der Waals surface area contributed by atoms with E-state index in [0.717, 1.165) is 12.1 Å². The number of hydrogen-bond donors (Lipinski definition) is 1. The Kier molecular flexibility index (Phi) is 6.51. The van der Waals surface area contributed by atoms with Gasteiger partial charge in [-0.3, -0.25) is 0 Å². The van der Waals surface area contributed by atoms with Gasteiger partial charge in [0.05, 0.1) is 30.4 Å². The van der Waals surface area contributed by atoms with E-state index in [1.54, 1.807) is 24.3 Å². The van der Waals surface area contributed by atoms with Crippen molar-refractivity contribution in [1.82, 2.24) is 4.90 Å². The fourth-order valence-electron chi connectivity index (χ4n) is 1.72. The average molecular weight is 262 g/mol. The summed E-state index contributed by atoms with van der Waals surface area (Å²) in [6.07, 6.45) is -0.311. The molecule has 0 heterocycles. The van der Waals surface area contributed by atoms with Crippen molar-refractivity contribution in [3.63, 3.8) is 0 Å². The maximum atomic E-state index is 10.1. The highest BCUT2D eigenvalue weighted by molar-refractivity contribution is 5.32. The van der Waals surface area contributed by atoms with Gasteiger partial charge >= 0.3 is 0 Å². The summed E-state index contributed by atoms with van der Waals surface area (Å²) in [6, 6.07) is 9.10. The van der Waals surface area contributed by atoms with Gasteiger partial charge < -0.3 is 14.7 Å². The first-order valence-corrected chi connectivity index (χ1v) is 6.51. The molecule has 0 amide bonds. The average Bonchev–Trinajstić information content (AvgIpc) is 2.38. The molecule has 104 valence electrons. The van der Waals surface area contributed by atoms with Crippen molar-refractivity contribution in [2.75, 3.05) is 26.7 Å². The van der Waals surface area contributed by atoms with Gasteiger partial charge in [-0.2, -0.15) is 5.26 Å². The number of nitrogens with zero attached hydrogens (tertiary/aromatic N) is 2. The van der Waals surface area contributed by atoms with E-state index in [2.05, 4.69) is 6.07 Å². The number of benzene rings is 1. The highest BCUT2D eigenvalue weighted by Gasteiger charge is 2.10. The van der Waals surface area contributed by atoms with Gasteiger partial charge in [0.25, 0.3) is 0 Å². The highest BCUT2D eigenvalue weighted by Crippen LogP contribution is 2.14. The predicted octanol–water partition coefficient (Wildman–Crippen LogP) is 1.95. The summed E-state index contributed by atoms with van der Waals surface area (Å²) in [6.45, 7) is 6.00.